The minimum absolute atomic E-state index is 0.153. The van der Waals surface area contributed by atoms with Gasteiger partial charge in [-0.15, -0.1) is 0 Å². The fourth-order valence-corrected chi connectivity index (χ4v) is 2.26. The molecule has 1 atom stereocenters. The molecule has 1 heterocycles. The Morgan fingerprint density at radius 1 is 1.29 bits per heavy atom. The summed E-state index contributed by atoms with van der Waals surface area (Å²) in [4.78, 5) is 8.38. The molecule has 0 fully saturated rings. The number of aliphatic hydroxyl groups is 1. The predicted octanol–water partition coefficient (Wildman–Crippen LogP) is 1.79. The van der Waals surface area contributed by atoms with Crippen LogP contribution < -0.4 is 20.5 Å². The summed E-state index contributed by atoms with van der Waals surface area (Å²) in [6.45, 7) is 4.39. The van der Waals surface area contributed by atoms with Crippen LogP contribution in [0, 0.1) is 6.92 Å². The molecule has 1 aromatic heterocycles. The number of ether oxygens (including phenoxy) is 2. The first kappa shape index (κ1) is 17.8. The average molecular weight is 332 g/mol. The minimum atomic E-state index is -0.697. The van der Waals surface area contributed by atoms with Crippen LogP contribution in [0.5, 0.6) is 11.5 Å². The molecule has 0 amide bonds. The molecule has 0 aliphatic rings. The Balaban J connectivity index is 1.89. The Morgan fingerprint density at radius 3 is 2.75 bits per heavy atom. The molecule has 0 bridgehead atoms. The maximum absolute atomic E-state index is 10.1. The Bertz CT molecular complexity index is 679. The van der Waals surface area contributed by atoms with E-state index in [4.69, 9.17) is 15.2 Å². The van der Waals surface area contributed by atoms with E-state index in [1.807, 2.05) is 32.0 Å². The molecule has 24 heavy (non-hydrogen) atoms. The Kier molecular flexibility index (Phi) is 6.20. The van der Waals surface area contributed by atoms with Crippen LogP contribution in [0.4, 0.5) is 11.8 Å². The molecule has 0 saturated heterocycles. The highest BCUT2D eigenvalue weighted by molar-refractivity contribution is 5.49. The maximum Gasteiger partial charge on any atom is 0.222 e. The summed E-state index contributed by atoms with van der Waals surface area (Å²) in [5.41, 5.74) is 7.54. The van der Waals surface area contributed by atoms with Crippen molar-refractivity contribution in [1.29, 1.82) is 0 Å². The summed E-state index contributed by atoms with van der Waals surface area (Å²) >= 11 is 0. The molecule has 2 rings (SSSR count). The second-order valence-corrected chi connectivity index (χ2v) is 5.38. The van der Waals surface area contributed by atoms with E-state index in [2.05, 4.69) is 15.3 Å². The first-order valence-electron chi connectivity index (χ1n) is 7.85. The number of aryl methyl sites for hydroxylation is 1. The third-order valence-corrected chi connectivity index (χ3v) is 3.59. The number of aromatic nitrogens is 2. The third-order valence-electron chi connectivity index (χ3n) is 3.59. The van der Waals surface area contributed by atoms with Gasteiger partial charge >= 0.3 is 0 Å². The Labute approximate surface area is 141 Å². The molecule has 130 valence electrons. The number of methoxy groups -OCH3 is 1. The van der Waals surface area contributed by atoms with Crippen LogP contribution in [0.1, 0.15) is 18.2 Å². The number of nitrogens with one attached hydrogen (secondary N) is 1. The van der Waals surface area contributed by atoms with Crippen molar-refractivity contribution < 1.29 is 14.6 Å². The van der Waals surface area contributed by atoms with Gasteiger partial charge < -0.3 is 25.6 Å². The highest BCUT2D eigenvalue weighted by Gasteiger charge is 2.11. The van der Waals surface area contributed by atoms with Crippen LogP contribution in [0.15, 0.2) is 24.3 Å². The van der Waals surface area contributed by atoms with Crippen LogP contribution >= 0.6 is 0 Å². The van der Waals surface area contributed by atoms with Crippen LogP contribution in [0.25, 0.3) is 0 Å². The molecule has 0 aliphatic carbocycles. The summed E-state index contributed by atoms with van der Waals surface area (Å²) < 4.78 is 10.7. The summed E-state index contributed by atoms with van der Waals surface area (Å²) in [5, 5.41) is 13.2. The van der Waals surface area contributed by atoms with E-state index in [1.165, 1.54) is 0 Å². The van der Waals surface area contributed by atoms with Crippen LogP contribution in [-0.4, -0.2) is 41.4 Å². The number of nitrogens with two attached hydrogens (primary N) is 1. The zero-order valence-electron chi connectivity index (χ0n) is 14.2. The van der Waals surface area contributed by atoms with Crippen molar-refractivity contribution in [2.45, 2.75) is 26.4 Å². The topological polar surface area (TPSA) is 103 Å². The molecule has 0 radical (unpaired) electrons. The zero-order chi connectivity index (χ0) is 17.5. The van der Waals surface area contributed by atoms with Gasteiger partial charge in [0.1, 0.15) is 30.0 Å². The predicted molar refractivity (Wildman–Crippen MR) is 93.5 cm³/mol. The maximum atomic E-state index is 10.1. The van der Waals surface area contributed by atoms with Crippen molar-refractivity contribution in [1.82, 2.24) is 9.97 Å². The van der Waals surface area contributed by atoms with Crippen LogP contribution in [-0.2, 0) is 6.42 Å². The van der Waals surface area contributed by atoms with Gasteiger partial charge in [-0.05, 0) is 25.5 Å². The van der Waals surface area contributed by atoms with Gasteiger partial charge in [0, 0.05) is 18.2 Å². The first-order chi connectivity index (χ1) is 11.5. The lowest BCUT2D eigenvalue weighted by atomic mass is 10.2. The van der Waals surface area contributed by atoms with Crippen LogP contribution in [0.3, 0.4) is 0 Å². The van der Waals surface area contributed by atoms with E-state index < -0.39 is 6.10 Å². The van der Waals surface area contributed by atoms with Gasteiger partial charge in [-0.1, -0.05) is 13.0 Å². The molecule has 1 aromatic carbocycles. The molecule has 7 heteroatoms. The minimum Gasteiger partial charge on any atom is -0.497 e. The Morgan fingerprint density at radius 2 is 2.04 bits per heavy atom. The van der Waals surface area contributed by atoms with E-state index >= 15 is 0 Å². The molecule has 2 aromatic rings. The second kappa shape index (κ2) is 8.35. The number of rotatable bonds is 8. The lowest BCUT2D eigenvalue weighted by Crippen LogP contribution is -2.27. The van der Waals surface area contributed by atoms with E-state index in [1.54, 1.807) is 13.2 Å². The highest BCUT2D eigenvalue weighted by atomic mass is 16.5. The second-order valence-electron chi connectivity index (χ2n) is 5.38. The van der Waals surface area contributed by atoms with Gasteiger partial charge in [0.25, 0.3) is 0 Å². The Hall–Kier alpha value is -2.54. The molecule has 7 nitrogen and oxygen atoms in total. The average Bonchev–Trinajstić information content (AvgIpc) is 2.60. The molecular formula is C17H24N4O3. The highest BCUT2D eigenvalue weighted by Crippen LogP contribution is 2.19. The summed E-state index contributed by atoms with van der Waals surface area (Å²) in [7, 11) is 1.60. The van der Waals surface area contributed by atoms with Crippen LogP contribution in [0.2, 0.25) is 0 Å². The fraction of sp³-hybridized carbons (Fsp3) is 0.412. The van der Waals surface area contributed by atoms with Gasteiger partial charge in [-0.25, -0.2) is 4.98 Å². The van der Waals surface area contributed by atoms with Gasteiger partial charge in [-0.3, -0.25) is 0 Å². The summed E-state index contributed by atoms with van der Waals surface area (Å²) in [5.74, 6) is 2.21. The first-order valence-corrected chi connectivity index (χ1v) is 7.85. The summed E-state index contributed by atoms with van der Waals surface area (Å²) in [6, 6.07) is 7.24. The van der Waals surface area contributed by atoms with Crippen molar-refractivity contribution in [2.24, 2.45) is 0 Å². The normalized spacial score (nSPS) is 11.8. The summed E-state index contributed by atoms with van der Waals surface area (Å²) in [6.07, 6.45) is 0.0752. The number of hydrogen-bond donors (Lipinski definition) is 3. The van der Waals surface area contributed by atoms with Gasteiger partial charge in [0.15, 0.2) is 0 Å². The number of aliphatic hydroxyl groups excluding tert-OH is 1. The van der Waals surface area contributed by atoms with E-state index in [-0.39, 0.29) is 12.6 Å². The number of nitrogen functional groups attached to an aromatic ring is 1. The fourth-order valence-electron chi connectivity index (χ4n) is 2.26. The van der Waals surface area contributed by atoms with E-state index in [0.717, 1.165) is 17.7 Å². The quantitative estimate of drug-likeness (QED) is 0.677. The van der Waals surface area contributed by atoms with Crippen molar-refractivity contribution in [2.75, 3.05) is 31.3 Å². The smallest absolute Gasteiger partial charge is 0.222 e. The number of anilines is 2. The molecule has 4 N–H and O–H groups in total. The third kappa shape index (κ3) is 4.73. The molecular weight excluding hydrogens is 308 g/mol. The largest absolute Gasteiger partial charge is 0.497 e. The molecule has 0 unspecified atom stereocenters. The monoisotopic (exact) mass is 332 g/mol. The van der Waals surface area contributed by atoms with E-state index in [9.17, 15) is 5.11 Å². The standard InChI is InChI=1S/C17H24N4O3/c1-4-15-11(2)16(21-17(18)20-15)19-9-12(22)10-24-14-7-5-6-13(8-14)23-3/h5-8,12,22H,4,9-10H2,1-3H3,(H3,18,19,20,21)/t12-/m0/s1. The van der Waals surface area contributed by atoms with Crippen molar-refractivity contribution in [3.05, 3.63) is 35.5 Å². The SMILES string of the molecule is CCc1nc(N)nc(NC[C@H](O)COc2cccc(OC)c2)c1C. The lowest BCUT2D eigenvalue weighted by molar-refractivity contribution is 0.117. The molecule has 0 aliphatic heterocycles. The number of nitrogens with zero attached hydrogens (tertiary/aromatic N) is 2. The number of benzene rings is 1. The van der Waals surface area contributed by atoms with Crippen molar-refractivity contribution in [3.63, 3.8) is 0 Å². The lowest BCUT2D eigenvalue weighted by Gasteiger charge is -2.16. The molecule has 0 spiro atoms. The van der Waals surface area contributed by atoms with Crippen molar-refractivity contribution >= 4 is 11.8 Å². The molecule has 0 saturated carbocycles. The zero-order valence-corrected chi connectivity index (χ0v) is 14.2. The van der Waals surface area contributed by atoms with E-state index in [0.29, 0.717) is 23.9 Å². The van der Waals surface area contributed by atoms with Crippen molar-refractivity contribution in [3.8, 4) is 11.5 Å². The number of hydrogen-bond acceptors (Lipinski definition) is 7. The van der Waals surface area contributed by atoms with Gasteiger partial charge in [0.05, 0.1) is 12.8 Å². The van der Waals surface area contributed by atoms with Gasteiger partial charge in [-0.2, -0.15) is 4.98 Å². The van der Waals surface area contributed by atoms with Gasteiger partial charge in [0.2, 0.25) is 5.95 Å².